The maximum atomic E-state index is 13.1. The predicted molar refractivity (Wildman–Crippen MR) is 137 cm³/mol. The van der Waals surface area contributed by atoms with Crippen LogP contribution in [0.15, 0.2) is 36.0 Å². The highest BCUT2D eigenvalue weighted by atomic mass is 16.6. The maximum absolute atomic E-state index is 13.1. The summed E-state index contributed by atoms with van der Waals surface area (Å²) < 4.78 is 30.2. The molecule has 216 valence electrons. The van der Waals surface area contributed by atoms with Crippen molar-refractivity contribution in [3.63, 3.8) is 0 Å². The normalized spacial score (nSPS) is 49.0. The predicted octanol–water partition coefficient (Wildman–Crippen LogP) is 1.36. The molecule has 0 aromatic carbocycles. The van der Waals surface area contributed by atoms with E-state index in [1.165, 1.54) is 12.2 Å². The van der Waals surface area contributed by atoms with Crippen molar-refractivity contribution >= 4 is 11.9 Å². The molecule has 2 aliphatic carbocycles. The number of carbonyl (C=O) groups is 2. The van der Waals surface area contributed by atoms with E-state index in [0.717, 1.165) is 5.57 Å². The Hall–Kier alpha value is -2.08. The van der Waals surface area contributed by atoms with Gasteiger partial charge in [0.25, 0.3) is 0 Å². The molecule has 0 radical (unpaired) electrons. The number of carbonyl (C=O) groups excluding carboxylic acids is 2. The first-order valence-corrected chi connectivity index (χ1v) is 13.8. The number of rotatable bonds is 1. The van der Waals surface area contributed by atoms with Gasteiger partial charge in [0.05, 0.1) is 55.6 Å². The van der Waals surface area contributed by atoms with E-state index in [-0.39, 0.29) is 32.2 Å². The highest BCUT2D eigenvalue weighted by molar-refractivity contribution is 5.82. The Morgan fingerprint density at radius 1 is 1.13 bits per heavy atom. The lowest BCUT2D eigenvalue weighted by Gasteiger charge is -2.58. The van der Waals surface area contributed by atoms with Crippen LogP contribution < -0.4 is 0 Å². The molecule has 2 bridgehead atoms. The first-order valence-electron chi connectivity index (χ1n) is 13.8. The third-order valence-electron chi connectivity index (χ3n) is 9.79. The summed E-state index contributed by atoms with van der Waals surface area (Å²) >= 11 is 0. The zero-order chi connectivity index (χ0) is 28.2. The van der Waals surface area contributed by atoms with E-state index in [1.54, 1.807) is 26.0 Å². The molecule has 0 aromatic rings. The van der Waals surface area contributed by atoms with E-state index in [0.29, 0.717) is 13.0 Å². The van der Waals surface area contributed by atoms with Gasteiger partial charge in [0.15, 0.2) is 0 Å². The minimum absolute atomic E-state index is 0.0547. The Labute approximate surface area is 228 Å². The lowest BCUT2D eigenvalue weighted by Crippen LogP contribution is -2.68. The molecule has 0 amide bonds. The summed E-state index contributed by atoms with van der Waals surface area (Å²) in [5.41, 5.74) is -1.66. The quantitative estimate of drug-likeness (QED) is 0.250. The molecule has 10 nitrogen and oxygen atoms in total. The molecule has 3 fully saturated rings. The van der Waals surface area contributed by atoms with Crippen molar-refractivity contribution in [2.24, 2.45) is 16.7 Å². The summed E-state index contributed by atoms with van der Waals surface area (Å²) in [4.78, 5) is 26.0. The smallest absolute Gasteiger partial charge is 0.331 e. The van der Waals surface area contributed by atoms with Crippen molar-refractivity contribution in [1.82, 2.24) is 0 Å². The molecular weight excluding hydrogens is 508 g/mol. The van der Waals surface area contributed by atoms with Crippen LogP contribution in [-0.2, 0) is 33.3 Å². The van der Waals surface area contributed by atoms with Crippen molar-refractivity contribution in [2.75, 3.05) is 19.8 Å². The summed E-state index contributed by atoms with van der Waals surface area (Å²) in [7, 11) is 0. The number of cyclic esters (lactones) is 1. The Bertz CT molecular complexity index is 1060. The number of hydrogen-bond donors (Lipinski definition) is 3. The van der Waals surface area contributed by atoms with E-state index in [2.05, 4.69) is 0 Å². The SMILES string of the molecule is CC1=C[C@H]2O[C@@H]3C[C@H]4OC(=O)/C=C\C=C\[C@H]([C@@H](C)O)OC[C@H](O)[C@@H](C)CC(=O)OC[C@@]2(C[C@H]1O)[C@]4(C)[C@]31CO1. The van der Waals surface area contributed by atoms with Crippen LogP contribution in [0.4, 0.5) is 0 Å². The standard InChI is InChI=1S/C29H40O10/c1-16-9-23-28(12-19(16)31)14-36-26(34)10-17(2)20(32)13-35-21(18(3)30)7-5-6-8-25(33)39-22-11-24(38-23)29(15-37-29)27(22,28)4/h5-9,17-24,30-32H,10-15H2,1-4H3/b7-5+,8-6-/t17-,18+,19+,20-,21+,22+,23+,24+,27+,28+,29-/m0/s1. The summed E-state index contributed by atoms with van der Waals surface area (Å²) in [6, 6.07) is 0. The minimum Gasteiger partial charge on any atom is -0.465 e. The topological polar surface area (TPSA) is 144 Å². The first kappa shape index (κ1) is 28.4. The summed E-state index contributed by atoms with van der Waals surface area (Å²) in [5.74, 6) is -1.53. The minimum atomic E-state index is -0.969. The van der Waals surface area contributed by atoms with Gasteiger partial charge >= 0.3 is 11.9 Å². The number of allylic oxidation sites excluding steroid dienone is 2. The Balaban J connectivity index is 1.52. The third-order valence-corrected chi connectivity index (χ3v) is 9.79. The number of aliphatic hydroxyl groups is 3. The molecule has 5 rings (SSSR count). The van der Waals surface area contributed by atoms with Crippen LogP contribution in [0, 0.1) is 16.7 Å². The van der Waals surface area contributed by atoms with E-state index in [4.69, 9.17) is 23.7 Å². The number of aliphatic hydroxyl groups excluding tert-OH is 3. The molecule has 0 aromatic heterocycles. The van der Waals surface area contributed by atoms with E-state index in [9.17, 15) is 24.9 Å². The van der Waals surface area contributed by atoms with Gasteiger partial charge in [-0.15, -0.1) is 0 Å². The highest BCUT2D eigenvalue weighted by Crippen LogP contribution is 2.72. The highest BCUT2D eigenvalue weighted by Gasteiger charge is 2.83. The molecule has 10 heteroatoms. The van der Waals surface area contributed by atoms with Gasteiger partial charge < -0.3 is 39.0 Å². The average molecular weight is 549 g/mol. The molecule has 3 heterocycles. The van der Waals surface area contributed by atoms with Gasteiger partial charge in [0.2, 0.25) is 0 Å². The van der Waals surface area contributed by atoms with Crippen LogP contribution in [0.5, 0.6) is 0 Å². The molecule has 2 saturated heterocycles. The molecule has 39 heavy (non-hydrogen) atoms. The van der Waals surface area contributed by atoms with Crippen molar-refractivity contribution < 1.29 is 48.6 Å². The molecule has 11 atom stereocenters. The Kier molecular flexibility index (Phi) is 7.58. The number of hydrogen-bond acceptors (Lipinski definition) is 10. The van der Waals surface area contributed by atoms with Gasteiger partial charge in [0, 0.05) is 17.9 Å². The number of esters is 2. The summed E-state index contributed by atoms with van der Waals surface area (Å²) in [6.45, 7) is 7.40. The molecule has 0 unspecified atom stereocenters. The second-order valence-corrected chi connectivity index (χ2v) is 12.1. The molecule has 3 aliphatic heterocycles. The van der Waals surface area contributed by atoms with E-state index in [1.807, 2.05) is 19.9 Å². The van der Waals surface area contributed by atoms with Crippen molar-refractivity contribution in [2.45, 2.75) is 95.3 Å². The van der Waals surface area contributed by atoms with Gasteiger partial charge in [-0.25, -0.2) is 4.79 Å². The van der Waals surface area contributed by atoms with Crippen LogP contribution in [0.1, 0.15) is 47.0 Å². The second kappa shape index (κ2) is 10.4. The largest absolute Gasteiger partial charge is 0.465 e. The first-order chi connectivity index (χ1) is 18.4. The maximum Gasteiger partial charge on any atom is 0.331 e. The molecular formula is C29H40O10. The number of epoxide rings is 1. The lowest BCUT2D eigenvalue weighted by molar-refractivity contribution is -0.239. The van der Waals surface area contributed by atoms with Gasteiger partial charge in [-0.2, -0.15) is 0 Å². The van der Waals surface area contributed by atoms with Crippen LogP contribution >= 0.6 is 0 Å². The fraction of sp³-hybridized carbons (Fsp3) is 0.724. The van der Waals surface area contributed by atoms with Crippen molar-refractivity contribution in [3.05, 3.63) is 36.0 Å². The third kappa shape index (κ3) is 4.69. The Morgan fingerprint density at radius 3 is 2.56 bits per heavy atom. The zero-order valence-electron chi connectivity index (χ0n) is 22.9. The summed E-state index contributed by atoms with van der Waals surface area (Å²) in [5, 5.41) is 31.7. The second-order valence-electron chi connectivity index (χ2n) is 12.1. The van der Waals surface area contributed by atoms with E-state index >= 15 is 0 Å². The lowest BCUT2D eigenvalue weighted by atomic mass is 9.51. The molecule has 3 N–H and O–H groups in total. The fourth-order valence-corrected chi connectivity index (χ4v) is 7.02. The molecule has 1 saturated carbocycles. The van der Waals surface area contributed by atoms with Crippen LogP contribution in [0.25, 0.3) is 0 Å². The van der Waals surface area contributed by atoms with Crippen molar-refractivity contribution in [3.8, 4) is 0 Å². The van der Waals surface area contributed by atoms with Crippen LogP contribution in [0.2, 0.25) is 0 Å². The van der Waals surface area contributed by atoms with Crippen LogP contribution in [-0.4, -0.2) is 95.4 Å². The van der Waals surface area contributed by atoms with Gasteiger partial charge in [-0.1, -0.05) is 38.2 Å². The molecule has 5 aliphatic rings. The van der Waals surface area contributed by atoms with Crippen molar-refractivity contribution in [1.29, 1.82) is 0 Å². The number of ether oxygens (including phenoxy) is 5. The fourth-order valence-electron chi connectivity index (χ4n) is 7.02. The van der Waals surface area contributed by atoms with Gasteiger partial charge in [0.1, 0.15) is 24.4 Å². The summed E-state index contributed by atoms with van der Waals surface area (Å²) in [6.07, 6.45) is 3.77. The van der Waals surface area contributed by atoms with Crippen LogP contribution in [0.3, 0.4) is 0 Å². The zero-order valence-corrected chi connectivity index (χ0v) is 22.9. The Morgan fingerprint density at radius 2 is 1.87 bits per heavy atom. The molecule has 2 spiro atoms. The average Bonchev–Trinajstić information content (AvgIpc) is 3.65. The van der Waals surface area contributed by atoms with Gasteiger partial charge in [-0.3, -0.25) is 4.79 Å². The monoisotopic (exact) mass is 548 g/mol. The van der Waals surface area contributed by atoms with Gasteiger partial charge in [-0.05, 0) is 31.8 Å². The van der Waals surface area contributed by atoms with E-state index < -0.39 is 70.9 Å².